The zero-order chi connectivity index (χ0) is 14.8. The van der Waals surface area contributed by atoms with E-state index in [0.717, 1.165) is 0 Å². The quantitative estimate of drug-likeness (QED) is 0.804. The van der Waals surface area contributed by atoms with E-state index in [1.54, 1.807) is 18.2 Å². The minimum atomic E-state index is -3.76. The van der Waals surface area contributed by atoms with E-state index < -0.39 is 28.0 Å². The van der Waals surface area contributed by atoms with Crippen molar-refractivity contribution in [2.75, 3.05) is 0 Å². The maximum Gasteiger partial charge on any atom is 0.306 e. The highest BCUT2D eigenvalue weighted by atomic mass is 32.2. The van der Waals surface area contributed by atoms with Gasteiger partial charge in [0.2, 0.25) is 5.09 Å². The van der Waals surface area contributed by atoms with Crippen LogP contribution in [0.5, 0.6) is 0 Å². The van der Waals surface area contributed by atoms with Crippen LogP contribution in [0.15, 0.2) is 33.8 Å². The average molecular weight is 299 g/mol. The van der Waals surface area contributed by atoms with Crippen LogP contribution in [0, 0.1) is 5.92 Å². The summed E-state index contributed by atoms with van der Waals surface area (Å²) in [6.07, 6.45) is 4.65. The molecule has 0 saturated carbocycles. The van der Waals surface area contributed by atoms with Crippen LogP contribution in [0.4, 0.5) is 0 Å². The Morgan fingerprint density at radius 2 is 2.25 bits per heavy atom. The van der Waals surface area contributed by atoms with Crippen LogP contribution >= 0.6 is 0 Å². The minimum absolute atomic E-state index is 0.139. The lowest BCUT2D eigenvalue weighted by atomic mass is 9.92. The zero-order valence-corrected chi connectivity index (χ0v) is 11.9. The van der Waals surface area contributed by atoms with Gasteiger partial charge in [-0.1, -0.05) is 19.1 Å². The summed E-state index contributed by atoms with van der Waals surface area (Å²) in [5.74, 6) is -0.881. The Bertz CT molecular complexity index is 616. The van der Waals surface area contributed by atoms with Crippen molar-refractivity contribution in [3.8, 4) is 0 Å². The second-order valence-electron chi connectivity index (χ2n) is 4.74. The van der Waals surface area contributed by atoms with Gasteiger partial charge in [0.1, 0.15) is 5.76 Å². The third-order valence-electron chi connectivity index (χ3n) is 3.23. The summed E-state index contributed by atoms with van der Waals surface area (Å²) in [6, 6.07) is 2.50. The van der Waals surface area contributed by atoms with E-state index in [1.807, 2.05) is 6.92 Å². The van der Waals surface area contributed by atoms with Crippen molar-refractivity contribution in [1.82, 2.24) is 4.72 Å². The van der Waals surface area contributed by atoms with Gasteiger partial charge in [-0.2, -0.15) is 0 Å². The number of hydrogen-bond acceptors (Lipinski definition) is 4. The van der Waals surface area contributed by atoms with Crippen molar-refractivity contribution in [2.24, 2.45) is 5.92 Å². The van der Waals surface area contributed by atoms with Gasteiger partial charge in [-0.25, -0.2) is 13.1 Å². The fourth-order valence-electron chi connectivity index (χ4n) is 2.13. The molecule has 1 aromatic rings. The topological polar surface area (TPSA) is 96.6 Å². The summed E-state index contributed by atoms with van der Waals surface area (Å²) in [7, 11) is -3.76. The van der Waals surface area contributed by atoms with Crippen LogP contribution in [-0.4, -0.2) is 25.5 Å². The molecule has 7 heteroatoms. The third kappa shape index (κ3) is 3.29. The summed E-state index contributed by atoms with van der Waals surface area (Å²) >= 11 is 0. The van der Waals surface area contributed by atoms with E-state index in [1.165, 1.54) is 6.07 Å². The number of furan rings is 1. The molecule has 0 spiro atoms. The first-order valence-corrected chi connectivity index (χ1v) is 7.91. The van der Waals surface area contributed by atoms with Gasteiger partial charge in [0.25, 0.3) is 10.0 Å². The molecule has 0 aliphatic heterocycles. The van der Waals surface area contributed by atoms with Gasteiger partial charge in [0.15, 0.2) is 0 Å². The number of hydrogen-bond donors (Lipinski definition) is 2. The number of sulfonamides is 1. The average Bonchev–Trinajstić information content (AvgIpc) is 2.88. The molecule has 1 aliphatic rings. The molecule has 20 heavy (non-hydrogen) atoms. The number of aliphatic carboxylic acids is 1. The summed E-state index contributed by atoms with van der Waals surface area (Å²) in [5, 5.41) is 8.84. The molecule has 0 aromatic carbocycles. The highest BCUT2D eigenvalue weighted by Crippen LogP contribution is 2.21. The lowest BCUT2D eigenvalue weighted by Gasteiger charge is -2.22. The van der Waals surface area contributed by atoms with Gasteiger partial charge in [-0.3, -0.25) is 4.79 Å². The van der Waals surface area contributed by atoms with Crippen LogP contribution in [0.3, 0.4) is 0 Å². The summed E-state index contributed by atoms with van der Waals surface area (Å²) in [4.78, 5) is 10.9. The predicted octanol–water partition coefficient (Wildman–Crippen LogP) is 1.54. The molecule has 2 N–H and O–H groups in total. The van der Waals surface area contributed by atoms with Crippen molar-refractivity contribution in [2.45, 2.75) is 37.3 Å². The van der Waals surface area contributed by atoms with Gasteiger partial charge in [0.05, 0.1) is 5.92 Å². The van der Waals surface area contributed by atoms with Crippen molar-refractivity contribution in [3.63, 3.8) is 0 Å². The van der Waals surface area contributed by atoms with Gasteiger partial charge in [-0.05, 0) is 25.0 Å². The fraction of sp³-hybridized carbons (Fsp3) is 0.462. The van der Waals surface area contributed by atoms with E-state index in [0.29, 0.717) is 18.6 Å². The van der Waals surface area contributed by atoms with Crippen LogP contribution < -0.4 is 4.72 Å². The largest absolute Gasteiger partial charge is 0.481 e. The van der Waals surface area contributed by atoms with Gasteiger partial charge in [-0.15, -0.1) is 0 Å². The molecule has 2 atom stereocenters. The van der Waals surface area contributed by atoms with Crippen molar-refractivity contribution >= 4 is 16.0 Å². The first-order valence-electron chi connectivity index (χ1n) is 6.43. The Kier molecular flexibility index (Phi) is 4.29. The molecule has 1 aromatic heterocycles. The molecule has 0 unspecified atom stereocenters. The Hall–Kier alpha value is -1.60. The predicted molar refractivity (Wildman–Crippen MR) is 71.7 cm³/mol. The van der Waals surface area contributed by atoms with Crippen LogP contribution in [0.1, 0.15) is 25.5 Å². The van der Waals surface area contributed by atoms with E-state index >= 15 is 0 Å². The number of nitrogens with one attached hydrogen (secondary N) is 1. The van der Waals surface area contributed by atoms with Crippen molar-refractivity contribution in [1.29, 1.82) is 0 Å². The zero-order valence-electron chi connectivity index (χ0n) is 11.1. The minimum Gasteiger partial charge on any atom is -0.481 e. The SMILES string of the molecule is CCc1ccc(S(=O)(=O)N[C@H]2C=CC[C@H](C(=O)O)C2)o1. The Balaban J connectivity index is 2.10. The van der Waals surface area contributed by atoms with Crippen molar-refractivity contribution in [3.05, 3.63) is 30.0 Å². The number of carboxylic acids is 1. The molecule has 0 bridgehead atoms. The fourth-order valence-corrected chi connectivity index (χ4v) is 3.28. The monoisotopic (exact) mass is 299 g/mol. The maximum atomic E-state index is 12.1. The third-order valence-corrected chi connectivity index (χ3v) is 4.60. The molecule has 0 fully saturated rings. The highest BCUT2D eigenvalue weighted by molar-refractivity contribution is 7.89. The second kappa shape index (κ2) is 5.80. The van der Waals surface area contributed by atoms with Gasteiger partial charge < -0.3 is 9.52 Å². The number of carbonyl (C=O) groups is 1. The van der Waals surface area contributed by atoms with E-state index in [2.05, 4.69) is 4.72 Å². The lowest BCUT2D eigenvalue weighted by Crippen LogP contribution is -2.37. The lowest BCUT2D eigenvalue weighted by molar-refractivity contribution is -0.142. The standard InChI is InChI=1S/C13H17NO5S/c1-2-11-6-7-12(19-11)20(17,18)14-10-5-3-4-9(8-10)13(15)16/h3,5-7,9-10,14H,2,4,8H2,1H3,(H,15,16)/t9-,10-/m0/s1. The van der Waals surface area contributed by atoms with Gasteiger partial charge >= 0.3 is 5.97 Å². The number of rotatable bonds is 5. The summed E-state index contributed by atoms with van der Waals surface area (Å²) < 4.78 is 31.9. The molecule has 110 valence electrons. The molecule has 0 radical (unpaired) electrons. The van der Waals surface area contributed by atoms with Crippen LogP contribution in [0.2, 0.25) is 0 Å². The van der Waals surface area contributed by atoms with E-state index in [4.69, 9.17) is 9.52 Å². The maximum absolute atomic E-state index is 12.1. The smallest absolute Gasteiger partial charge is 0.306 e. The number of aryl methyl sites for hydroxylation is 1. The first kappa shape index (κ1) is 14.8. The van der Waals surface area contributed by atoms with Crippen LogP contribution in [-0.2, 0) is 21.2 Å². The molecule has 6 nitrogen and oxygen atoms in total. The number of allylic oxidation sites excluding steroid dienone is 1. The normalized spacial score (nSPS) is 22.9. The molecule has 0 saturated heterocycles. The van der Waals surface area contributed by atoms with Crippen LogP contribution in [0.25, 0.3) is 0 Å². The Labute approximate surface area is 117 Å². The highest BCUT2D eigenvalue weighted by Gasteiger charge is 2.28. The van der Waals surface area contributed by atoms with E-state index in [-0.39, 0.29) is 11.5 Å². The summed E-state index contributed by atoms with van der Waals surface area (Å²) in [5.41, 5.74) is 0. The second-order valence-corrected chi connectivity index (χ2v) is 6.38. The molecular formula is C13H17NO5S. The Morgan fingerprint density at radius 3 is 2.85 bits per heavy atom. The molecule has 1 heterocycles. The molecular weight excluding hydrogens is 282 g/mol. The molecule has 2 rings (SSSR count). The first-order chi connectivity index (χ1) is 9.42. The number of carboxylic acid groups (broad SMARTS) is 1. The van der Waals surface area contributed by atoms with E-state index in [9.17, 15) is 13.2 Å². The Morgan fingerprint density at radius 1 is 1.50 bits per heavy atom. The molecule has 0 amide bonds. The molecule has 1 aliphatic carbocycles. The van der Waals surface area contributed by atoms with Crippen molar-refractivity contribution < 1.29 is 22.7 Å². The van der Waals surface area contributed by atoms with Gasteiger partial charge in [0, 0.05) is 12.5 Å². The summed E-state index contributed by atoms with van der Waals surface area (Å²) in [6.45, 7) is 1.87.